The van der Waals surface area contributed by atoms with E-state index >= 15 is 0 Å². The molecule has 2 aromatic rings. The lowest BCUT2D eigenvalue weighted by Gasteiger charge is -2.26. The molecule has 1 aliphatic rings. The average Bonchev–Trinajstić information content (AvgIpc) is 3.17. The summed E-state index contributed by atoms with van der Waals surface area (Å²) < 4.78 is 43.7. The summed E-state index contributed by atoms with van der Waals surface area (Å²) >= 11 is 0. The maximum Gasteiger partial charge on any atom is 0.243 e. The van der Waals surface area contributed by atoms with Gasteiger partial charge < -0.3 is 0 Å². The van der Waals surface area contributed by atoms with Gasteiger partial charge in [-0.3, -0.25) is 4.79 Å². The molecular weight excluding hydrogens is 456 g/mol. The zero-order valence-electron chi connectivity index (χ0n) is 19.8. The topological polar surface area (TPSA) is 83.6 Å². The van der Waals surface area contributed by atoms with Crippen molar-refractivity contribution in [3.05, 3.63) is 71.8 Å². The number of aryl methyl sites for hydroxylation is 1. The molecule has 0 radical (unpaired) electrons. The van der Waals surface area contributed by atoms with Crippen LogP contribution in [0.3, 0.4) is 0 Å². The molecule has 1 heterocycles. The molecule has 3 atom stereocenters. The van der Waals surface area contributed by atoms with Gasteiger partial charge in [0.25, 0.3) is 0 Å². The standard InChI is InChI=1S/C25H32N2O4S2/c1-17-7-13-22(14-8-17)33(30,31)27-15-23(24(16-27)26-32(29)25(4,5)6)18(2)20-9-11-21(12-10-20)19(3)28/h7-14,23-24,26H,2,15-16H2,1,3-6H3/t23-,24-,32-/m1/s1. The van der Waals surface area contributed by atoms with Crippen LogP contribution in [0.1, 0.15) is 49.2 Å². The van der Waals surface area contributed by atoms with E-state index in [2.05, 4.69) is 11.3 Å². The van der Waals surface area contributed by atoms with E-state index in [1.165, 1.54) is 11.2 Å². The van der Waals surface area contributed by atoms with E-state index in [1.807, 2.05) is 39.8 Å². The molecule has 1 N–H and O–H groups in total. The predicted octanol–water partition coefficient (Wildman–Crippen LogP) is 3.95. The number of Topliss-reactive ketones (excluding diaryl/α,β-unsaturated/α-hetero) is 1. The fourth-order valence-electron chi connectivity index (χ4n) is 3.74. The molecule has 0 saturated carbocycles. The predicted molar refractivity (Wildman–Crippen MR) is 134 cm³/mol. The second-order valence-corrected chi connectivity index (χ2v) is 13.4. The van der Waals surface area contributed by atoms with Crippen LogP contribution < -0.4 is 4.72 Å². The van der Waals surface area contributed by atoms with Crippen LogP contribution in [0.25, 0.3) is 5.57 Å². The van der Waals surface area contributed by atoms with Gasteiger partial charge in [0, 0.05) is 30.6 Å². The Labute approximate surface area is 199 Å². The van der Waals surface area contributed by atoms with Crippen molar-refractivity contribution in [3.8, 4) is 0 Å². The second-order valence-electron chi connectivity index (χ2n) is 9.51. The van der Waals surface area contributed by atoms with Crippen molar-refractivity contribution >= 4 is 32.4 Å². The molecular formula is C25H32N2O4S2. The Kier molecular flexibility index (Phi) is 7.43. The summed E-state index contributed by atoms with van der Waals surface area (Å²) in [6.07, 6.45) is 0. The van der Waals surface area contributed by atoms with E-state index < -0.39 is 25.8 Å². The van der Waals surface area contributed by atoms with Gasteiger partial charge >= 0.3 is 0 Å². The molecule has 0 aromatic heterocycles. The van der Waals surface area contributed by atoms with Crippen LogP contribution in [0.4, 0.5) is 0 Å². The average molecular weight is 489 g/mol. The highest BCUT2D eigenvalue weighted by molar-refractivity contribution is 7.89. The first-order valence-electron chi connectivity index (χ1n) is 10.9. The number of carbonyl (C=O) groups is 1. The number of nitrogens with zero attached hydrogens (tertiary/aromatic N) is 1. The van der Waals surface area contributed by atoms with E-state index in [0.717, 1.165) is 16.7 Å². The van der Waals surface area contributed by atoms with Crippen molar-refractivity contribution in [1.29, 1.82) is 0 Å². The molecule has 178 valence electrons. The number of nitrogens with one attached hydrogen (secondary N) is 1. The highest BCUT2D eigenvalue weighted by atomic mass is 32.2. The largest absolute Gasteiger partial charge is 0.295 e. The highest BCUT2D eigenvalue weighted by Gasteiger charge is 2.42. The Balaban J connectivity index is 1.92. The quantitative estimate of drug-likeness (QED) is 0.598. The summed E-state index contributed by atoms with van der Waals surface area (Å²) in [4.78, 5) is 11.9. The number of hydrogen-bond acceptors (Lipinski definition) is 4. The van der Waals surface area contributed by atoms with Crippen molar-refractivity contribution in [2.45, 2.75) is 50.3 Å². The Hall–Kier alpha value is -2.13. The summed E-state index contributed by atoms with van der Waals surface area (Å²) in [5, 5.41) is 0. The van der Waals surface area contributed by atoms with Crippen molar-refractivity contribution in [2.24, 2.45) is 5.92 Å². The van der Waals surface area contributed by atoms with Crippen LogP contribution in [0, 0.1) is 12.8 Å². The first-order valence-corrected chi connectivity index (χ1v) is 13.4. The molecule has 33 heavy (non-hydrogen) atoms. The van der Waals surface area contributed by atoms with Crippen LogP contribution in [0.5, 0.6) is 0 Å². The van der Waals surface area contributed by atoms with Gasteiger partial charge in [0.2, 0.25) is 10.0 Å². The Morgan fingerprint density at radius 2 is 1.58 bits per heavy atom. The maximum absolute atomic E-state index is 13.4. The number of carbonyl (C=O) groups excluding carboxylic acids is 1. The molecule has 0 spiro atoms. The molecule has 0 amide bonds. The van der Waals surface area contributed by atoms with Gasteiger partial charge in [-0.05, 0) is 57.9 Å². The van der Waals surface area contributed by atoms with Crippen LogP contribution in [0.15, 0.2) is 60.0 Å². The van der Waals surface area contributed by atoms with Gasteiger partial charge in [0.1, 0.15) is 0 Å². The summed E-state index contributed by atoms with van der Waals surface area (Å²) in [6, 6.07) is 13.6. The third-order valence-electron chi connectivity index (χ3n) is 5.87. The van der Waals surface area contributed by atoms with Crippen LogP contribution >= 0.6 is 0 Å². The number of hydrogen-bond donors (Lipinski definition) is 1. The first-order chi connectivity index (χ1) is 15.3. The molecule has 0 unspecified atom stereocenters. The van der Waals surface area contributed by atoms with E-state index in [1.54, 1.807) is 36.4 Å². The van der Waals surface area contributed by atoms with Crippen LogP contribution in [-0.4, -0.2) is 46.6 Å². The van der Waals surface area contributed by atoms with Crippen LogP contribution in [0.2, 0.25) is 0 Å². The van der Waals surface area contributed by atoms with E-state index in [4.69, 9.17) is 0 Å². The number of ketones is 1. The molecule has 0 bridgehead atoms. The van der Waals surface area contributed by atoms with Gasteiger partial charge in [0.05, 0.1) is 20.6 Å². The zero-order chi connectivity index (χ0) is 24.6. The monoisotopic (exact) mass is 488 g/mol. The van der Waals surface area contributed by atoms with Gasteiger partial charge in [-0.25, -0.2) is 17.3 Å². The normalized spacial score (nSPS) is 20.5. The molecule has 2 aromatic carbocycles. The van der Waals surface area contributed by atoms with Gasteiger partial charge in [0.15, 0.2) is 5.78 Å². The second kappa shape index (κ2) is 9.62. The Morgan fingerprint density at radius 3 is 2.09 bits per heavy atom. The van der Waals surface area contributed by atoms with Crippen LogP contribution in [-0.2, 0) is 21.0 Å². The lowest BCUT2D eigenvalue weighted by molar-refractivity contribution is 0.101. The number of benzene rings is 2. The minimum atomic E-state index is -3.72. The van der Waals surface area contributed by atoms with Crippen molar-refractivity contribution < 1.29 is 17.4 Å². The van der Waals surface area contributed by atoms with Crippen molar-refractivity contribution in [2.75, 3.05) is 13.1 Å². The smallest absolute Gasteiger partial charge is 0.243 e. The zero-order valence-corrected chi connectivity index (χ0v) is 21.4. The number of sulfonamides is 1. The number of rotatable bonds is 7. The fourth-order valence-corrected chi connectivity index (χ4v) is 6.10. The lowest BCUT2D eigenvalue weighted by Crippen LogP contribution is -2.44. The van der Waals surface area contributed by atoms with Gasteiger partial charge in [-0.1, -0.05) is 48.5 Å². The summed E-state index contributed by atoms with van der Waals surface area (Å²) in [5.74, 6) is -0.303. The van der Waals surface area contributed by atoms with Crippen molar-refractivity contribution in [3.63, 3.8) is 0 Å². The minimum Gasteiger partial charge on any atom is -0.295 e. The Morgan fingerprint density at radius 1 is 1.03 bits per heavy atom. The van der Waals surface area contributed by atoms with Gasteiger partial charge in [-0.2, -0.15) is 4.31 Å². The third kappa shape index (κ3) is 5.69. The van der Waals surface area contributed by atoms with Gasteiger partial charge in [-0.15, -0.1) is 0 Å². The fraction of sp³-hybridized carbons (Fsp3) is 0.400. The molecule has 1 aliphatic heterocycles. The molecule has 0 aliphatic carbocycles. The maximum atomic E-state index is 13.4. The van der Waals surface area contributed by atoms with E-state index in [-0.39, 0.29) is 35.7 Å². The molecule has 1 saturated heterocycles. The summed E-state index contributed by atoms with van der Waals surface area (Å²) in [6.45, 7) is 13.7. The molecule has 1 fully saturated rings. The SMILES string of the molecule is C=C(c1ccc(C(C)=O)cc1)[C@H]1CN(S(=O)(=O)c2ccc(C)cc2)C[C@H]1N[S@](=O)C(C)(C)C. The minimum absolute atomic E-state index is 0.0245. The lowest BCUT2D eigenvalue weighted by atomic mass is 9.90. The van der Waals surface area contributed by atoms with E-state index in [9.17, 15) is 17.4 Å². The summed E-state index contributed by atoms with van der Waals surface area (Å²) in [5.41, 5.74) is 3.16. The van der Waals surface area contributed by atoms with E-state index in [0.29, 0.717) is 5.56 Å². The molecule has 8 heteroatoms. The third-order valence-corrected chi connectivity index (χ3v) is 9.34. The van der Waals surface area contributed by atoms with Crippen molar-refractivity contribution in [1.82, 2.24) is 9.03 Å². The highest BCUT2D eigenvalue weighted by Crippen LogP contribution is 2.34. The molecule has 6 nitrogen and oxygen atoms in total. The first kappa shape index (κ1) is 25.5. The molecule has 3 rings (SSSR count). The Bertz CT molecular complexity index is 1160. The summed E-state index contributed by atoms with van der Waals surface area (Å²) in [7, 11) is -5.09.